The lowest BCUT2D eigenvalue weighted by Gasteiger charge is -2.44. The maximum Gasteiger partial charge on any atom is 0.251 e. The predicted molar refractivity (Wildman–Crippen MR) is 93.9 cm³/mol. The second-order valence-corrected chi connectivity index (χ2v) is 7.63. The summed E-state index contributed by atoms with van der Waals surface area (Å²) >= 11 is 1.58. The molecule has 1 aromatic carbocycles. The van der Waals surface area contributed by atoms with E-state index in [1.54, 1.807) is 11.3 Å². The third-order valence-corrected chi connectivity index (χ3v) is 6.14. The number of rotatable bonds is 3. The summed E-state index contributed by atoms with van der Waals surface area (Å²) in [7, 11) is 0. The van der Waals surface area contributed by atoms with Gasteiger partial charge in [-0.3, -0.25) is 4.79 Å². The maximum absolute atomic E-state index is 12.5. The molecule has 2 aliphatic heterocycles. The van der Waals surface area contributed by atoms with E-state index in [1.807, 2.05) is 23.7 Å². The number of hydrogen-bond donors (Lipinski definition) is 1. The lowest BCUT2D eigenvalue weighted by Crippen LogP contribution is -2.51. The number of thiazole rings is 1. The van der Waals surface area contributed by atoms with Gasteiger partial charge in [-0.2, -0.15) is 0 Å². The predicted octanol–water partition coefficient (Wildman–Crippen LogP) is 3.29. The fourth-order valence-corrected chi connectivity index (χ4v) is 4.85. The minimum absolute atomic E-state index is 0.0493. The number of nitrogens with zero attached hydrogens (tertiary/aromatic N) is 2. The standard InChI is InChI=1S/C18H23N3OS/c22-18(13-6-7-15-17(10-13)23-12-20-15)19-11-14-4-3-9-21-8-2-1-5-16(14)21/h6-7,10,12,14,16H,1-5,8-9,11H2,(H,19,22)/t14-,16-/m1/s1. The first kappa shape index (κ1) is 15.1. The second kappa shape index (κ2) is 6.57. The van der Waals surface area contributed by atoms with Gasteiger partial charge in [0.1, 0.15) is 0 Å². The van der Waals surface area contributed by atoms with Gasteiger partial charge in [0.05, 0.1) is 15.7 Å². The number of nitrogens with one attached hydrogen (secondary N) is 1. The Morgan fingerprint density at radius 3 is 3.13 bits per heavy atom. The van der Waals surface area contributed by atoms with Crippen molar-refractivity contribution in [2.75, 3.05) is 19.6 Å². The Labute approximate surface area is 140 Å². The maximum atomic E-state index is 12.5. The van der Waals surface area contributed by atoms with Gasteiger partial charge in [-0.1, -0.05) is 6.42 Å². The van der Waals surface area contributed by atoms with Gasteiger partial charge in [-0.15, -0.1) is 11.3 Å². The number of piperidine rings is 2. The molecule has 0 unspecified atom stereocenters. The van der Waals surface area contributed by atoms with Crippen LogP contribution in [0.3, 0.4) is 0 Å². The van der Waals surface area contributed by atoms with Crippen LogP contribution in [0.25, 0.3) is 10.2 Å². The minimum Gasteiger partial charge on any atom is -0.352 e. The molecule has 23 heavy (non-hydrogen) atoms. The van der Waals surface area contributed by atoms with Crippen molar-refractivity contribution in [3.8, 4) is 0 Å². The monoisotopic (exact) mass is 329 g/mol. The van der Waals surface area contributed by atoms with Crippen LogP contribution in [0.15, 0.2) is 23.7 Å². The second-order valence-electron chi connectivity index (χ2n) is 6.75. The molecule has 0 aliphatic carbocycles. The summed E-state index contributed by atoms with van der Waals surface area (Å²) in [6, 6.07) is 6.45. The number of aromatic nitrogens is 1. The Bertz CT molecular complexity index is 696. The van der Waals surface area contributed by atoms with Crippen molar-refractivity contribution in [2.24, 2.45) is 5.92 Å². The van der Waals surface area contributed by atoms with Gasteiger partial charge in [0.25, 0.3) is 5.91 Å². The van der Waals surface area contributed by atoms with Gasteiger partial charge in [0, 0.05) is 18.2 Å². The molecule has 2 saturated heterocycles. The summed E-state index contributed by atoms with van der Waals surface area (Å²) in [5, 5.41) is 3.18. The summed E-state index contributed by atoms with van der Waals surface area (Å²) in [6.45, 7) is 3.30. The van der Waals surface area contributed by atoms with Gasteiger partial charge in [-0.05, 0) is 62.9 Å². The Morgan fingerprint density at radius 2 is 2.17 bits per heavy atom. The van der Waals surface area contributed by atoms with Crippen LogP contribution in [0.1, 0.15) is 42.5 Å². The summed E-state index contributed by atoms with van der Waals surface area (Å²) in [6.07, 6.45) is 6.49. The highest BCUT2D eigenvalue weighted by Gasteiger charge is 2.32. The molecule has 122 valence electrons. The van der Waals surface area contributed by atoms with Gasteiger partial charge < -0.3 is 10.2 Å². The molecule has 0 spiro atoms. The van der Waals surface area contributed by atoms with Crippen molar-refractivity contribution >= 4 is 27.5 Å². The quantitative estimate of drug-likeness (QED) is 0.940. The van der Waals surface area contributed by atoms with Crippen LogP contribution >= 0.6 is 11.3 Å². The molecule has 1 N–H and O–H groups in total. The summed E-state index contributed by atoms with van der Waals surface area (Å²) in [4.78, 5) is 19.4. The molecule has 1 amide bonds. The van der Waals surface area contributed by atoms with E-state index in [9.17, 15) is 4.79 Å². The number of hydrogen-bond acceptors (Lipinski definition) is 4. The zero-order valence-electron chi connectivity index (χ0n) is 13.3. The number of carbonyl (C=O) groups excluding carboxylic acids is 1. The molecule has 2 aliphatic rings. The summed E-state index contributed by atoms with van der Waals surface area (Å²) in [5.41, 5.74) is 3.54. The fraction of sp³-hybridized carbons (Fsp3) is 0.556. The van der Waals surface area contributed by atoms with Crippen molar-refractivity contribution in [3.63, 3.8) is 0 Å². The van der Waals surface area contributed by atoms with Crippen molar-refractivity contribution in [3.05, 3.63) is 29.3 Å². The number of amides is 1. The highest BCUT2D eigenvalue weighted by atomic mass is 32.1. The first-order chi connectivity index (χ1) is 11.3. The molecular formula is C18H23N3OS. The van der Waals surface area contributed by atoms with E-state index >= 15 is 0 Å². The van der Waals surface area contributed by atoms with Crippen LogP contribution < -0.4 is 5.32 Å². The van der Waals surface area contributed by atoms with E-state index in [1.165, 1.54) is 45.2 Å². The van der Waals surface area contributed by atoms with E-state index < -0.39 is 0 Å². The molecular weight excluding hydrogens is 306 g/mol. The summed E-state index contributed by atoms with van der Waals surface area (Å²) in [5.74, 6) is 0.661. The van der Waals surface area contributed by atoms with Crippen LogP contribution in [0.5, 0.6) is 0 Å². The molecule has 0 saturated carbocycles. The fourth-order valence-electron chi connectivity index (χ4n) is 4.14. The largest absolute Gasteiger partial charge is 0.352 e. The Morgan fingerprint density at radius 1 is 1.26 bits per heavy atom. The summed E-state index contributed by atoms with van der Waals surface area (Å²) < 4.78 is 1.08. The van der Waals surface area contributed by atoms with Crippen molar-refractivity contribution in [2.45, 2.75) is 38.1 Å². The average Bonchev–Trinajstić information content (AvgIpc) is 3.07. The van der Waals surface area contributed by atoms with E-state index in [2.05, 4.69) is 15.2 Å². The molecule has 2 aromatic rings. The first-order valence-electron chi connectivity index (χ1n) is 8.67. The van der Waals surface area contributed by atoms with E-state index in [0.29, 0.717) is 12.0 Å². The minimum atomic E-state index is 0.0493. The number of carbonyl (C=O) groups is 1. The number of benzene rings is 1. The Balaban J connectivity index is 1.40. The van der Waals surface area contributed by atoms with Crippen LogP contribution in [0.4, 0.5) is 0 Å². The van der Waals surface area contributed by atoms with Crippen LogP contribution in [0.2, 0.25) is 0 Å². The average molecular weight is 329 g/mol. The smallest absolute Gasteiger partial charge is 0.251 e. The Kier molecular flexibility index (Phi) is 4.31. The molecule has 0 radical (unpaired) electrons. The first-order valence-corrected chi connectivity index (χ1v) is 9.55. The molecule has 3 heterocycles. The molecule has 4 nitrogen and oxygen atoms in total. The van der Waals surface area contributed by atoms with Gasteiger partial charge in [0.15, 0.2) is 0 Å². The molecule has 5 heteroatoms. The van der Waals surface area contributed by atoms with E-state index in [-0.39, 0.29) is 5.91 Å². The normalized spacial score (nSPS) is 25.2. The van der Waals surface area contributed by atoms with Crippen molar-refractivity contribution in [1.29, 1.82) is 0 Å². The SMILES string of the molecule is O=C(NC[C@H]1CCCN2CCCC[C@H]12)c1ccc2ncsc2c1. The highest BCUT2D eigenvalue weighted by Crippen LogP contribution is 2.30. The highest BCUT2D eigenvalue weighted by molar-refractivity contribution is 7.16. The molecule has 2 fully saturated rings. The van der Waals surface area contributed by atoms with Gasteiger partial charge in [0.2, 0.25) is 0 Å². The van der Waals surface area contributed by atoms with E-state index in [0.717, 1.165) is 22.3 Å². The van der Waals surface area contributed by atoms with Gasteiger partial charge in [-0.25, -0.2) is 4.98 Å². The van der Waals surface area contributed by atoms with Crippen LogP contribution in [-0.4, -0.2) is 41.5 Å². The van der Waals surface area contributed by atoms with Crippen LogP contribution in [-0.2, 0) is 0 Å². The lowest BCUT2D eigenvalue weighted by atomic mass is 9.83. The van der Waals surface area contributed by atoms with Crippen molar-refractivity contribution in [1.82, 2.24) is 15.2 Å². The van der Waals surface area contributed by atoms with Crippen molar-refractivity contribution < 1.29 is 4.79 Å². The third-order valence-electron chi connectivity index (χ3n) is 5.35. The number of fused-ring (bicyclic) bond motifs is 2. The molecule has 1 aromatic heterocycles. The molecule has 4 rings (SSSR count). The third kappa shape index (κ3) is 3.12. The van der Waals surface area contributed by atoms with Crippen LogP contribution in [0, 0.1) is 5.92 Å². The Hall–Kier alpha value is -1.46. The topological polar surface area (TPSA) is 45.2 Å². The van der Waals surface area contributed by atoms with E-state index in [4.69, 9.17) is 0 Å². The molecule has 0 bridgehead atoms. The zero-order chi connectivity index (χ0) is 15.6. The zero-order valence-corrected chi connectivity index (χ0v) is 14.1. The lowest BCUT2D eigenvalue weighted by molar-refractivity contribution is 0.0575. The van der Waals surface area contributed by atoms with Gasteiger partial charge >= 0.3 is 0 Å². The molecule has 2 atom stereocenters.